The molecule has 0 fully saturated rings. The van der Waals surface area contributed by atoms with Crippen molar-refractivity contribution in [3.63, 3.8) is 0 Å². The first kappa shape index (κ1) is 18.8. The molecule has 116 valence electrons. The van der Waals surface area contributed by atoms with Crippen LogP contribution in [0.3, 0.4) is 0 Å². The third kappa shape index (κ3) is 6.70. The summed E-state index contributed by atoms with van der Waals surface area (Å²) in [6.45, 7) is 9.58. The van der Waals surface area contributed by atoms with Crippen molar-refractivity contribution in [2.75, 3.05) is 27.2 Å². The molecule has 0 aliphatic rings. The zero-order valence-electron chi connectivity index (χ0n) is 13.3. The molecule has 1 N–H and O–H groups in total. The molecule has 0 saturated heterocycles. The van der Waals surface area contributed by atoms with Gasteiger partial charge in [-0.05, 0) is 26.3 Å². The average Bonchev–Trinajstić information content (AvgIpc) is 2.33. The number of nitrogens with one attached hydrogen (secondary N) is 1. The van der Waals surface area contributed by atoms with Gasteiger partial charge in [-0.3, -0.25) is 0 Å². The molecule has 0 heterocycles. The molecule has 0 aromatic carbocycles. The topological polar surface area (TPSA) is 52.7 Å². The zero-order chi connectivity index (χ0) is 15.1. The molecule has 0 amide bonds. The highest BCUT2D eigenvalue weighted by Gasteiger charge is 2.26. The van der Waals surface area contributed by atoms with Crippen LogP contribution in [0.5, 0.6) is 0 Å². The molecular weight excluding hydrogens is 262 g/mol. The van der Waals surface area contributed by atoms with E-state index in [1.165, 1.54) is 8.61 Å². The summed E-state index contributed by atoms with van der Waals surface area (Å²) in [5, 5.41) is 3.29. The summed E-state index contributed by atoms with van der Waals surface area (Å²) in [7, 11) is -0.00438. The van der Waals surface area contributed by atoms with Gasteiger partial charge in [0.15, 0.2) is 0 Å². The Kier molecular flexibility index (Phi) is 8.81. The van der Waals surface area contributed by atoms with Gasteiger partial charge in [0.2, 0.25) is 0 Å². The van der Waals surface area contributed by atoms with E-state index in [0.717, 1.165) is 25.8 Å². The first-order valence-electron chi connectivity index (χ1n) is 7.16. The summed E-state index contributed by atoms with van der Waals surface area (Å²) in [5.74, 6) is 0. The highest BCUT2D eigenvalue weighted by atomic mass is 32.2. The molecule has 5 nitrogen and oxygen atoms in total. The van der Waals surface area contributed by atoms with Crippen molar-refractivity contribution >= 4 is 10.2 Å². The molecule has 6 heteroatoms. The smallest absolute Gasteiger partial charge is 0.281 e. The minimum atomic E-state index is -3.32. The van der Waals surface area contributed by atoms with Crippen molar-refractivity contribution in [2.24, 2.45) is 0 Å². The molecule has 0 aliphatic heterocycles. The Balaban J connectivity index is 4.31. The average molecular weight is 293 g/mol. The minimum absolute atomic E-state index is 0.0474. The van der Waals surface area contributed by atoms with E-state index in [2.05, 4.69) is 26.1 Å². The van der Waals surface area contributed by atoms with E-state index in [4.69, 9.17) is 0 Å². The molecular formula is C13H31N3O2S. The first-order chi connectivity index (χ1) is 8.73. The highest BCUT2D eigenvalue weighted by molar-refractivity contribution is 7.86. The van der Waals surface area contributed by atoms with Crippen molar-refractivity contribution in [2.45, 2.75) is 59.0 Å². The van der Waals surface area contributed by atoms with Crippen LogP contribution in [-0.4, -0.2) is 56.3 Å². The van der Waals surface area contributed by atoms with Crippen LogP contribution in [0.15, 0.2) is 0 Å². The van der Waals surface area contributed by atoms with Gasteiger partial charge in [-0.15, -0.1) is 0 Å². The van der Waals surface area contributed by atoms with Gasteiger partial charge in [-0.25, -0.2) is 0 Å². The Hall–Kier alpha value is -0.170. The van der Waals surface area contributed by atoms with Crippen LogP contribution >= 0.6 is 0 Å². The number of hydrogen-bond donors (Lipinski definition) is 1. The predicted molar refractivity (Wildman–Crippen MR) is 81.4 cm³/mol. The quantitative estimate of drug-likeness (QED) is 0.623. The fourth-order valence-electron chi connectivity index (χ4n) is 1.85. The molecule has 0 spiro atoms. The fraction of sp³-hybridized carbons (Fsp3) is 1.00. The van der Waals surface area contributed by atoms with Gasteiger partial charge in [-0.1, -0.05) is 27.2 Å². The zero-order valence-corrected chi connectivity index (χ0v) is 14.1. The number of hydrogen-bond acceptors (Lipinski definition) is 3. The van der Waals surface area contributed by atoms with E-state index in [-0.39, 0.29) is 6.04 Å². The van der Waals surface area contributed by atoms with Gasteiger partial charge in [0.05, 0.1) is 0 Å². The largest absolute Gasteiger partial charge is 0.314 e. The maximum atomic E-state index is 12.3. The van der Waals surface area contributed by atoms with Gasteiger partial charge in [0.25, 0.3) is 10.2 Å². The molecule has 19 heavy (non-hydrogen) atoms. The molecule has 0 saturated carbocycles. The Morgan fingerprint density at radius 3 is 2.21 bits per heavy atom. The summed E-state index contributed by atoms with van der Waals surface area (Å²) in [6.07, 6.45) is 2.70. The van der Waals surface area contributed by atoms with E-state index >= 15 is 0 Å². The molecule has 0 aliphatic carbocycles. The van der Waals surface area contributed by atoms with E-state index in [0.29, 0.717) is 12.6 Å². The van der Waals surface area contributed by atoms with Crippen LogP contribution in [0.25, 0.3) is 0 Å². The molecule has 0 aromatic heterocycles. The van der Waals surface area contributed by atoms with E-state index < -0.39 is 10.2 Å². The van der Waals surface area contributed by atoms with Crippen molar-refractivity contribution < 1.29 is 8.42 Å². The lowest BCUT2D eigenvalue weighted by molar-refractivity contribution is 0.329. The standard InChI is InChI=1S/C13H31N3O2S/c1-7-9-13(4)16(6)19(17,18)15(5)11-8-10-14-12(2)3/h12-14H,7-11H2,1-6H3. The van der Waals surface area contributed by atoms with Gasteiger partial charge in [-0.2, -0.15) is 17.0 Å². The summed E-state index contributed by atoms with van der Waals surface area (Å²) in [6, 6.07) is 0.486. The summed E-state index contributed by atoms with van der Waals surface area (Å²) < 4.78 is 27.5. The molecule has 0 rings (SSSR count). The van der Waals surface area contributed by atoms with Crippen LogP contribution < -0.4 is 5.32 Å². The SMILES string of the molecule is CCCC(C)N(C)S(=O)(=O)N(C)CCCNC(C)C. The third-order valence-corrected chi connectivity index (χ3v) is 5.35. The summed E-state index contributed by atoms with van der Waals surface area (Å²) >= 11 is 0. The Labute approximate surface area is 119 Å². The Morgan fingerprint density at radius 1 is 1.16 bits per heavy atom. The Morgan fingerprint density at radius 2 is 1.74 bits per heavy atom. The van der Waals surface area contributed by atoms with Crippen LogP contribution in [0.2, 0.25) is 0 Å². The Bertz CT molecular complexity index is 331. The van der Waals surface area contributed by atoms with E-state index in [1.807, 2.05) is 6.92 Å². The summed E-state index contributed by atoms with van der Waals surface area (Å²) in [4.78, 5) is 0. The second-order valence-corrected chi connectivity index (χ2v) is 7.54. The normalized spacial score (nSPS) is 14.6. The monoisotopic (exact) mass is 293 g/mol. The number of rotatable bonds is 10. The molecule has 1 atom stereocenters. The lowest BCUT2D eigenvalue weighted by atomic mass is 10.2. The minimum Gasteiger partial charge on any atom is -0.314 e. The second-order valence-electron chi connectivity index (χ2n) is 5.45. The van der Waals surface area contributed by atoms with Crippen LogP contribution in [0, 0.1) is 0 Å². The highest BCUT2D eigenvalue weighted by Crippen LogP contribution is 2.12. The maximum Gasteiger partial charge on any atom is 0.281 e. The second kappa shape index (κ2) is 8.89. The summed E-state index contributed by atoms with van der Waals surface area (Å²) in [5.41, 5.74) is 0. The first-order valence-corrected chi connectivity index (χ1v) is 8.55. The lowest BCUT2D eigenvalue weighted by Gasteiger charge is -2.28. The van der Waals surface area contributed by atoms with Crippen molar-refractivity contribution in [3.05, 3.63) is 0 Å². The fourth-order valence-corrected chi connectivity index (χ4v) is 3.21. The molecule has 1 unspecified atom stereocenters. The number of nitrogens with zero attached hydrogens (tertiary/aromatic N) is 2. The molecule has 0 aromatic rings. The maximum absolute atomic E-state index is 12.3. The van der Waals surface area contributed by atoms with Crippen molar-refractivity contribution in [1.82, 2.24) is 13.9 Å². The van der Waals surface area contributed by atoms with Gasteiger partial charge < -0.3 is 5.32 Å². The van der Waals surface area contributed by atoms with E-state index in [1.54, 1.807) is 14.1 Å². The van der Waals surface area contributed by atoms with Crippen LogP contribution in [-0.2, 0) is 10.2 Å². The lowest BCUT2D eigenvalue weighted by Crippen LogP contribution is -2.44. The van der Waals surface area contributed by atoms with Gasteiger partial charge in [0.1, 0.15) is 0 Å². The van der Waals surface area contributed by atoms with Crippen molar-refractivity contribution in [3.8, 4) is 0 Å². The van der Waals surface area contributed by atoms with Crippen molar-refractivity contribution in [1.29, 1.82) is 0 Å². The van der Waals surface area contributed by atoms with Crippen LogP contribution in [0.1, 0.15) is 47.0 Å². The van der Waals surface area contributed by atoms with Gasteiger partial charge in [0, 0.05) is 32.7 Å². The van der Waals surface area contributed by atoms with E-state index in [9.17, 15) is 8.42 Å². The molecule has 0 bridgehead atoms. The third-order valence-electron chi connectivity index (χ3n) is 3.29. The van der Waals surface area contributed by atoms with Gasteiger partial charge >= 0.3 is 0 Å². The predicted octanol–water partition coefficient (Wildman–Crippen LogP) is 1.67. The van der Waals surface area contributed by atoms with Crippen LogP contribution in [0.4, 0.5) is 0 Å². The molecule has 0 radical (unpaired) electrons.